The van der Waals surface area contributed by atoms with E-state index < -0.39 is 0 Å². The zero-order chi connectivity index (χ0) is 28.8. The van der Waals surface area contributed by atoms with E-state index in [9.17, 15) is 0 Å². The van der Waals surface area contributed by atoms with E-state index in [0.29, 0.717) is 5.82 Å². The molecule has 0 saturated carbocycles. The first-order valence-corrected chi connectivity index (χ1v) is 15.6. The van der Waals surface area contributed by atoms with E-state index in [1.165, 1.54) is 41.7 Å². The number of aromatic nitrogens is 2. The zero-order valence-corrected chi connectivity index (χ0v) is 24.2. The van der Waals surface area contributed by atoms with Crippen LogP contribution in [0.15, 0.2) is 138 Å². The van der Waals surface area contributed by atoms with Crippen LogP contribution in [0.3, 0.4) is 0 Å². The highest BCUT2D eigenvalue weighted by molar-refractivity contribution is 7.26. The smallest absolute Gasteiger partial charge is 0.160 e. The van der Waals surface area contributed by atoms with Gasteiger partial charge in [0.1, 0.15) is 11.2 Å². The molecule has 4 heteroatoms. The Balaban J connectivity index is 1.22. The van der Waals surface area contributed by atoms with Crippen molar-refractivity contribution in [3.63, 3.8) is 0 Å². The van der Waals surface area contributed by atoms with Crippen LogP contribution in [0.5, 0.6) is 0 Å². The van der Waals surface area contributed by atoms with E-state index in [1.54, 1.807) is 0 Å². The van der Waals surface area contributed by atoms with E-state index in [2.05, 4.69) is 109 Å². The summed E-state index contributed by atoms with van der Waals surface area (Å²) >= 11 is 1.87. The molecule has 7 aromatic carbocycles. The molecular weight excluding hydrogens is 557 g/mol. The molecule has 44 heavy (non-hydrogen) atoms. The summed E-state index contributed by atoms with van der Waals surface area (Å²) in [4.78, 5) is 10.3. The van der Waals surface area contributed by atoms with E-state index in [4.69, 9.17) is 14.4 Å². The number of hydrogen-bond acceptors (Lipinski definition) is 4. The van der Waals surface area contributed by atoms with E-state index in [0.717, 1.165) is 50.0 Å². The summed E-state index contributed by atoms with van der Waals surface area (Å²) in [6, 6.07) is 47.0. The molecule has 0 radical (unpaired) electrons. The summed E-state index contributed by atoms with van der Waals surface area (Å²) in [6.07, 6.45) is 0. The van der Waals surface area contributed by atoms with Gasteiger partial charge in [-0.25, -0.2) is 9.97 Å². The second-order valence-corrected chi connectivity index (χ2v) is 12.4. The summed E-state index contributed by atoms with van der Waals surface area (Å²) in [5, 5.41) is 10.0. The van der Waals surface area contributed by atoms with Crippen LogP contribution in [0.4, 0.5) is 0 Å². The number of para-hydroxylation sites is 1. The fourth-order valence-electron chi connectivity index (χ4n) is 6.82. The van der Waals surface area contributed by atoms with Gasteiger partial charge in [-0.2, -0.15) is 0 Å². The number of benzene rings is 7. The normalized spacial score (nSPS) is 12.1. The van der Waals surface area contributed by atoms with Crippen molar-refractivity contribution in [3.05, 3.63) is 133 Å². The minimum Gasteiger partial charge on any atom is -0.456 e. The molecule has 0 aliphatic carbocycles. The van der Waals surface area contributed by atoms with Gasteiger partial charge in [0.05, 0.1) is 11.4 Å². The van der Waals surface area contributed by atoms with Crippen LogP contribution in [-0.4, -0.2) is 9.97 Å². The van der Waals surface area contributed by atoms with Gasteiger partial charge in [0.15, 0.2) is 5.82 Å². The molecule has 0 spiro atoms. The molecule has 10 aromatic rings. The first kappa shape index (κ1) is 23.9. The Hall–Kier alpha value is -5.58. The van der Waals surface area contributed by atoms with Gasteiger partial charge >= 0.3 is 0 Å². The van der Waals surface area contributed by atoms with Gasteiger partial charge in [0, 0.05) is 47.6 Å². The average molecular weight is 579 g/mol. The lowest BCUT2D eigenvalue weighted by molar-refractivity contribution is 0.669. The van der Waals surface area contributed by atoms with Gasteiger partial charge in [-0.3, -0.25) is 0 Å². The fourth-order valence-corrected chi connectivity index (χ4v) is 7.98. The Morgan fingerprint density at radius 1 is 0.409 bits per heavy atom. The molecule has 204 valence electrons. The van der Waals surface area contributed by atoms with E-state index in [1.807, 2.05) is 35.6 Å². The predicted octanol–water partition coefficient (Wildman–Crippen LogP) is 11.5. The van der Waals surface area contributed by atoms with Crippen molar-refractivity contribution < 1.29 is 4.42 Å². The lowest BCUT2D eigenvalue weighted by atomic mass is 9.93. The van der Waals surface area contributed by atoms with Crippen LogP contribution in [0.1, 0.15) is 0 Å². The van der Waals surface area contributed by atoms with Crippen molar-refractivity contribution in [2.45, 2.75) is 0 Å². The number of hydrogen-bond donors (Lipinski definition) is 0. The maximum Gasteiger partial charge on any atom is 0.160 e. The molecule has 0 unspecified atom stereocenters. The Morgan fingerprint density at radius 3 is 1.86 bits per heavy atom. The van der Waals surface area contributed by atoms with Gasteiger partial charge in [0.2, 0.25) is 0 Å². The average Bonchev–Trinajstić information content (AvgIpc) is 3.66. The summed E-state index contributed by atoms with van der Waals surface area (Å²) < 4.78 is 8.90. The topological polar surface area (TPSA) is 38.9 Å². The van der Waals surface area contributed by atoms with Gasteiger partial charge in [-0.05, 0) is 64.0 Å². The molecule has 0 N–H and O–H groups in total. The molecule has 3 nitrogen and oxygen atoms in total. The molecule has 0 bridgehead atoms. The third kappa shape index (κ3) is 3.43. The quantitative estimate of drug-likeness (QED) is 0.196. The number of nitrogens with zero attached hydrogens (tertiary/aromatic N) is 2. The van der Waals surface area contributed by atoms with Crippen LogP contribution in [0, 0.1) is 0 Å². The minimum absolute atomic E-state index is 0.704. The van der Waals surface area contributed by atoms with Crippen molar-refractivity contribution in [1.29, 1.82) is 0 Å². The lowest BCUT2D eigenvalue weighted by Crippen LogP contribution is -1.96. The van der Waals surface area contributed by atoms with Gasteiger partial charge in [-0.15, -0.1) is 11.3 Å². The third-order valence-corrected chi connectivity index (χ3v) is 9.97. The van der Waals surface area contributed by atoms with E-state index in [-0.39, 0.29) is 0 Å². The fraction of sp³-hybridized carbons (Fsp3) is 0. The van der Waals surface area contributed by atoms with Gasteiger partial charge in [0.25, 0.3) is 0 Å². The lowest BCUT2D eigenvalue weighted by Gasteiger charge is -2.12. The summed E-state index contributed by atoms with van der Waals surface area (Å²) in [5.74, 6) is 0.704. The van der Waals surface area contributed by atoms with Crippen molar-refractivity contribution >= 4 is 75.0 Å². The summed E-state index contributed by atoms with van der Waals surface area (Å²) in [6.45, 7) is 0. The molecule has 0 saturated heterocycles. The Labute approximate surface area is 256 Å². The maximum absolute atomic E-state index is 6.24. The van der Waals surface area contributed by atoms with Crippen molar-refractivity contribution in [2.75, 3.05) is 0 Å². The molecule has 0 fully saturated rings. The Kier molecular flexibility index (Phi) is 4.87. The third-order valence-electron chi connectivity index (χ3n) is 8.85. The second kappa shape index (κ2) is 8.96. The highest BCUT2D eigenvalue weighted by Crippen LogP contribution is 2.45. The highest BCUT2D eigenvalue weighted by atomic mass is 32.1. The van der Waals surface area contributed by atoms with E-state index >= 15 is 0 Å². The molecule has 10 rings (SSSR count). The largest absolute Gasteiger partial charge is 0.456 e. The van der Waals surface area contributed by atoms with Gasteiger partial charge < -0.3 is 4.42 Å². The van der Waals surface area contributed by atoms with Crippen LogP contribution in [-0.2, 0) is 0 Å². The highest BCUT2D eigenvalue weighted by Gasteiger charge is 2.18. The monoisotopic (exact) mass is 578 g/mol. The summed E-state index contributed by atoms with van der Waals surface area (Å²) in [7, 11) is 0. The summed E-state index contributed by atoms with van der Waals surface area (Å²) in [5.41, 5.74) is 6.54. The SMILES string of the molecule is c1ccc(-c2cc(-c3ccc4c(c3)oc3ccccc34)nc(-c3ccc4c(c3)c3cccc5sc6cccc4c6c53)n2)cc1. The van der Waals surface area contributed by atoms with Crippen LogP contribution >= 0.6 is 11.3 Å². The number of furan rings is 1. The molecule has 3 heterocycles. The van der Waals surface area contributed by atoms with Gasteiger partial charge in [-0.1, -0.05) is 91.0 Å². The predicted molar refractivity (Wildman–Crippen MR) is 185 cm³/mol. The molecule has 0 aliphatic heterocycles. The van der Waals surface area contributed by atoms with Crippen molar-refractivity contribution in [2.24, 2.45) is 0 Å². The zero-order valence-electron chi connectivity index (χ0n) is 23.4. The molecular formula is C40H22N2OS. The number of fused-ring (bicyclic) bond motifs is 6. The molecule has 0 aliphatic rings. The second-order valence-electron chi connectivity index (χ2n) is 11.4. The Bertz CT molecular complexity index is 2720. The molecule has 0 amide bonds. The Morgan fingerprint density at radius 2 is 1.05 bits per heavy atom. The minimum atomic E-state index is 0.704. The standard InChI is InChI=1S/C40H22N2OS/c1-2-8-23(9-3-1)32-22-33(24-16-19-28-27-10-4-5-13-34(27)43-35(28)21-24)42-40(41-32)25-17-18-26-29-11-6-14-36-38(29)39-30(31(26)20-25)12-7-15-37(39)44-36/h1-22H. The number of thiophene rings is 1. The number of rotatable bonds is 3. The van der Waals surface area contributed by atoms with Crippen LogP contribution in [0.25, 0.3) is 97.6 Å². The van der Waals surface area contributed by atoms with Crippen molar-refractivity contribution in [1.82, 2.24) is 9.97 Å². The molecule has 0 atom stereocenters. The first-order valence-electron chi connectivity index (χ1n) is 14.7. The van der Waals surface area contributed by atoms with Crippen LogP contribution < -0.4 is 0 Å². The molecule has 3 aromatic heterocycles. The van der Waals surface area contributed by atoms with Crippen molar-refractivity contribution in [3.8, 4) is 33.9 Å². The maximum atomic E-state index is 6.24. The first-order chi connectivity index (χ1) is 21.8. The van der Waals surface area contributed by atoms with Crippen LogP contribution in [0.2, 0.25) is 0 Å².